The zero-order valence-electron chi connectivity index (χ0n) is 11.5. The highest BCUT2D eigenvalue weighted by Gasteiger charge is 2.31. The van der Waals surface area contributed by atoms with Gasteiger partial charge in [0.05, 0.1) is 19.8 Å². The van der Waals surface area contributed by atoms with Gasteiger partial charge >= 0.3 is 0 Å². The summed E-state index contributed by atoms with van der Waals surface area (Å²) in [6.07, 6.45) is 0.355. The van der Waals surface area contributed by atoms with Crippen molar-refractivity contribution in [2.75, 3.05) is 26.3 Å². The molecule has 0 atom stereocenters. The number of carbonyl (C=O) groups excluding carboxylic acids is 1. The van der Waals surface area contributed by atoms with Gasteiger partial charge in [-0.2, -0.15) is 0 Å². The molecule has 1 aliphatic heterocycles. The van der Waals surface area contributed by atoms with Gasteiger partial charge in [0.25, 0.3) is 0 Å². The lowest BCUT2D eigenvalue weighted by atomic mass is 10.0. The molecule has 0 N–H and O–H groups in total. The number of ether oxygens (including phenoxy) is 1. The van der Waals surface area contributed by atoms with Crippen LogP contribution in [0.15, 0.2) is 24.3 Å². The number of nitrogens with zero attached hydrogens (tertiary/aromatic N) is 1. The summed E-state index contributed by atoms with van der Waals surface area (Å²) in [6, 6.07) is 6.11. The Morgan fingerprint density at radius 3 is 2.68 bits per heavy atom. The van der Waals surface area contributed by atoms with Gasteiger partial charge < -0.3 is 4.74 Å². The first-order valence-electron chi connectivity index (χ1n) is 6.56. The first-order valence-corrected chi connectivity index (χ1v) is 6.56. The fourth-order valence-corrected chi connectivity index (χ4v) is 2.28. The van der Waals surface area contributed by atoms with Crippen LogP contribution in [0, 0.1) is 5.82 Å². The molecule has 0 aromatic heterocycles. The van der Waals surface area contributed by atoms with Crippen molar-refractivity contribution in [1.82, 2.24) is 4.90 Å². The van der Waals surface area contributed by atoms with Crippen LogP contribution in [-0.2, 0) is 16.0 Å². The minimum absolute atomic E-state index is 0.100. The zero-order valence-corrected chi connectivity index (χ0v) is 11.5. The topological polar surface area (TPSA) is 29.5 Å². The normalized spacial score (nSPS) is 19.3. The summed E-state index contributed by atoms with van der Waals surface area (Å²) in [5, 5.41) is 0. The molecule has 0 amide bonds. The number of halogens is 1. The molecule has 0 aliphatic carbocycles. The lowest BCUT2D eigenvalue weighted by Gasteiger charge is -2.41. The quantitative estimate of drug-likeness (QED) is 0.834. The lowest BCUT2D eigenvalue weighted by molar-refractivity contribution is -0.124. The molecule has 0 unspecified atom stereocenters. The monoisotopic (exact) mass is 265 g/mol. The molecule has 19 heavy (non-hydrogen) atoms. The van der Waals surface area contributed by atoms with E-state index in [4.69, 9.17) is 4.74 Å². The Hall–Kier alpha value is -1.26. The maximum Gasteiger partial charge on any atom is 0.151 e. The third kappa shape index (κ3) is 3.85. The van der Waals surface area contributed by atoms with Crippen LogP contribution in [0.4, 0.5) is 4.39 Å². The predicted molar refractivity (Wildman–Crippen MR) is 71.6 cm³/mol. The highest BCUT2D eigenvalue weighted by molar-refractivity contribution is 5.82. The second kappa shape index (κ2) is 5.80. The molecule has 1 aromatic carbocycles. The highest BCUT2D eigenvalue weighted by atomic mass is 19.1. The van der Waals surface area contributed by atoms with E-state index in [0.717, 1.165) is 12.1 Å². The summed E-state index contributed by atoms with van der Waals surface area (Å²) in [6.45, 7) is 6.69. The van der Waals surface area contributed by atoms with Gasteiger partial charge in [-0.3, -0.25) is 9.69 Å². The summed E-state index contributed by atoms with van der Waals surface area (Å²) in [7, 11) is 0. The maximum atomic E-state index is 12.8. The standard InChI is InChI=1S/C15H20FNO2/c1-15(2)11-19-8-7-17(15)10-14(18)9-12-3-5-13(16)6-4-12/h3-6H,7-11H2,1-2H3. The number of Topliss-reactive ketones (excluding diaryl/α,β-unsaturated/α-hetero) is 1. The van der Waals surface area contributed by atoms with Gasteiger partial charge in [0.15, 0.2) is 5.78 Å². The molecule has 1 aliphatic rings. The van der Waals surface area contributed by atoms with Gasteiger partial charge in [-0.25, -0.2) is 4.39 Å². The van der Waals surface area contributed by atoms with E-state index in [2.05, 4.69) is 18.7 Å². The largest absolute Gasteiger partial charge is 0.378 e. The van der Waals surface area contributed by atoms with E-state index in [1.165, 1.54) is 12.1 Å². The van der Waals surface area contributed by atoms with E-state index < -0.39 is 0 Å². The Kier molecular flexibility index (Phi) is 4.32. The van der Waals surface area contributed by atoms with Crippen molar-refractivity contribution in [3.63, 3.8) is 0 Å². The molecule has 0 spiro atoms. The molecular weight excluding hydrogens is 245 g/mol. The van der Waals surface area contributed by atoms with Crippen molar-refractivity contribution in [1.29, 1.82) is 0 Å². The van der Waals surface area contributed by atoms with Crippen molar-refractivity contribution < 1.29 is 13.9 Å². The van der Waals surface area contributed by atoms with Crippen LogP contribution in [0.2, 0.25) is 0 Å². The Morgan fingerprint density at radius 1 is 1.37 bits per heavy atom. The molecule has 1 heterocycles. The van der Waals surface area contributed by atoms with Crippen LogP contribution in [0.3, 0.4) is 0 Å². The SMILES string of the molecule is CC1(C)COCCN1CC(=O)Cc1ccc(F)cc1. The fourth-order valence-electron chi connectivity index (χ4n) is 2.28. The summed E-state index contributed by atoms with van der Waals surface area (Å²) in [5.74, 6) is -0.118. The molecule has 1 aromatic rings. The van der Waals surface area contributed by atoms with Crippen LogP contribution >= 0.6 is 0 Å². The first-order chi connectivity index (χ1) is 8.97. The van der Waals surface area contributed by atoms with Gasteiger partial charge in [0, 0.05) is 18.5 Å². The van der Waals surface area contributed by atoms with E-state index in [0.29, 0.717) is 26.2 Å². The highest BCUT2D eigenvalue weighted by Crippen LogP contribution is 2.18. The van der Waals surface area contributed by atoms with Crippen LogP contribution in [0.25, 0.3) is 0 Å². The number of benzene rings is 1. The lowest BCUT2D eigenvalue weighted by Crippen LogP contribution is -2.54. The van der Waals surface area contributed by atoms with Crippen molar-refractivity contribution in [2.24, 2.45) is 0 Å². The van der Waals surface area contributed by atoms with Gasteiger partial charge in [-0.15, -0.1) is 0 Å². The van der Waals surface area contributed by atoms with E-state index >= 15 is 0 Å². The molecule has 0 radical (unpaired) electrons. The van der Waals surface area contributed by atoms with Crippen LogP contribution in [0.5, 0.6) is 0 Å². The van der Waals surface area contributed by atoms with Gasteiger partial charge in [0.2, 0.25) is 0 Å². The van der Waals surface area contributed by atoms with Crippen LogP contribution in [0.1, 0.15) is 19.4 Å². The maximum absolute atomic E-state index is 12.8. The molecule has 104 valence electrons. The summed E-state index contributed by atoms with van der Waals surface area (Å²) in [4.78, 5) is 14.2. The Bertz CT molecular complexity index is 442. The molecule has 2 rings (SSSR count). The Balaban J connectivity index is 1.92. The molecular formula is C15H20FNO2. The molecule has 0 bridgehead atoms. The predicted octanol–water partition coefficient (Wildman–Crippen LogP) is 2.05. The number of hydrogen-bond acceptors (Lipinski definition) is 3. The van der Waals surface area contributed by atoms with Crippen molar-refractivity contribution in [3.05, 3.63) is 35.6 Å². The Labute approximate surface area is 113 Å². The van der Waals surface area contributed by atoms with Gasteiger partial charge in [-0.1, -0.05) is 12.1 Å². The molecule has 0 saturated carbocycles. The van der Waals surface area contributed by atoms with Crippen molar-refractivity contribution in [3.8, 4) is 0 Å². The van der Waals surface area contributed by atoms with E-state index in [9.17, 15) is 9.18 Å². The summed E-state index contributed by atoms with van der Waals surface area (Å²) < 4.78 is 18.2. The summed E-state index contributed by atoms with van der Waals surface area (Å²) in [5.41, 5.74) is 0.758. The molecule has 3 nitrogen and oxygen atoms in total. The second-order valence-electron chi connectivity index (χ2n) is 5.63. The average molecular weight is 265 g/mol. The van der Waals surface area contributed by atoms with E-state index in [1.54, 1.807) is 12.1 Å². The Morgan fingerprint density at radius 2 is 2.05 bits per heavy atom. The summed E-state index contributed by atoms with van der Waals surface area (Å²) >= 11 is 0. The average Bonchev–Trinajstić information content (AvgIpc) is 2.35. The smallest absolute Gasteiger partial charge is 0.151 e. The minimum Gasteiger partial charge on any atom is -0.378 e. The van der Waals surface area contributed by atoms with Gasteiger partial charge in [-0.05, 0) is 31.5 Å². The number of rotatable bonds is 4. The minimum atomic E-state index is -0.273. The van der Waals surface area contributed by atoms with E-state index in [1.807, 2.05) is 0 Å². The zero-order chi connectivity index (χ0) is 13.9. The second-order valence-corrected chi connectivity index (χ2v) is 5.63. The number of morpholine rings is 1. The van der Waals surface area contributed by atoms with Crippen molar-refractivity contribution >= 4 is 5.78 Å². The van der Waals surface area contributed by atoms with Crippen molar-refractivity contribution in [2.45, 2.75) is 25.8 Å². The number of ketones is 1. The first kappa shape index (κ1) is 14.2. The molecule has 1 fully saturated rings. The molecule has 4 heteroatoms. The number of hydrogen-bond donors (Lipinski definition) is 0. The third-order valence-corrected chi connectivity index (χ3v) is 3.50. The van der Waals surface area contributed by atoms with Gasteiger partial charge in [0.1, 0.15) is 5.82 Å². The third-order valence-electron chi connectivity index (χ3n) is 3.50. The van der Waals surface area contributed by atoms with Crippen LogP contribution < -0.4 is 0 Å². The molecule has 1 saturated heterocycles. The van der Waals surface area contributed by atoms with E-state index in [-0.39, 0.29) is 17.1 Å². The fraction of sp³-hybridized carbons (Fsp3) is 0.533. The number of carbonyl (C=O) groups is 1. The van der Waals surface area contributed by atoms with Crippen LogP contribution in [-0.4, -0.2) is 42.5 Å².